The minimum Gasteiger partial charge on any atom is -0.487 e. The van der Waals surface area contributed by atoms with Crippen molar-refractivity contribution in [2.24, 2.45) is 4.99 Å². The molecule has 8 heteroatoms. The zero-order valence-electron chi connectivity index (χ0n) is 14.5. The first-order valence-electron chi connectivity index (χ1n) is 8.02. The standard InChI is InChI=1S/C17H24ClN5O.HI/c1-14(24-16-8-4-3-7-15(16)18)13-21-17(19-2)20-9-5-11-23-12-6-10-22-23;/h3-4,6-8,10,12,14H,5,9,11,13H2,1-2H3,(H2,19,20,21);1H. The van der Waals surface area contributed by atoms with Crippen LogP contribution in [0, 0.1) is 0 Å². The highest BCUT2D eigenvalue weighted by Gasteiger charge is 2.07. The number of rotatable bonds is 8. The molecule has 25 heavy (non-hydrogen) atoms. The second-order valence-corrected chi connectivity index (χ2v) is 5.77. The number of nitrogens with one attached hydrogen (secondary N) is 2. The first-order chi connectivity index (χ1) is 11.7. The summed E-state index contributed by atoms with van der Waals surface area (Å²) in [7, 11) is 1.75. The number of aromatic nitrogens is 2. The van der Waals surface area contributed by atoms with E-state index < -0.39 is 0 Å². The fourth-order valence-electron chi connectivity index (χ4n) is 2.14. The maximum atomic E-state index is 6.10. The van der Waals surface area contributed by atoms with Crippen LogP contribution in [-0.4, -0.2) is 42.0 Å². The normalized spacial score (nSPS) is 12.2. The summed E-state index contributed by atoms with van der Waals surface area (Å²) >= 11 is 6.10. The van der Waals surface area contributed by atoms with Crippen LogP contribution in [0.25, 0.3) is 0 Å². The summed E-state index contributed by atoms with van der Waals surface area (Å²) in [4.78, 5) is 4.21. The van der Waals surface area contributed by atoms with Crippen LogP contribution in [0.15, 0.2) is 47.7 Å². The zero-order valence-corrected chi connectivity index (χ0v) is 17.6. The molecule has 2 N–H and O–H groups in total. The van der Waals surface area contributed by atoms with Gasteiger partial charge >= 0.3 is 0 Å². The number of aryl methyl sites for hydroxylation is 1. The van der Waals surface area contributed by atoms with Crippen molar-refractivity contribution in [2.45, 2.75) is 26.0 Å². The maximum absolute atomic E-state index is 6.10. The number of ether oxygens (including phenoxy) is 1. The minimum absolute atomic E-state index is 0. The Morgan fingerprint density at radius 2 is 2.12 bits per heavy atom. The molecule has 1 unspecified atom stereocenters. The molecule has 2 aromatic rings. The summed E-state index contributed by atoms with van der Waals surface area (Å²) in [5.41, 5.74) is 0. The Morgan fingerprint density at radius 3 is 2.80 bits per heavy atom. The second kappa shape index (κ2) is 12.0. The predicted octanol–water partition coefficient (Wildman–Crippen LogP) is 3.18. The molecule has 0 fully saturated rings. The van der Waals surface area contributed by atoms with Gasteiger partial charge in [0, 0.05) is 32.5 Å². The van der Waals surface area contributed by atoms with E-state index in [1.807, 2.05) is 48.1 Å². The van der Waals surface area contributed by atoms with Crippen molar-refractivity contribution >= 4 is 41.5 Å². The molecule has 1 aromatic heterocycles. The van der Waals surface area contributed by atoms with Crippen LogP contribution in [0.3, 0.4) is 0 Å². The van der Waals surface area contributed by atoms with Gasteiger partial charge in [0.25, 0.3) is 0 Å². The highest BCUT2D eigenvalue weighted by Crippen LogP contribution is 2.23. The Kier molecular flexibility index (Phi) is 10.3. The number of guanidine groups is 1. The third-order valence-electron chi connectivity index (χ3n) is 3.36. The molecule has 138 valence electrons. The Morgan fingerprint density at radius 1 is 1.32 bits per heavy atom. The molecule has 0 saturated carbocycles. The number of halogens is 2. The average molecular weight is 478 g/mol. The molecule has 0 amide bonds. The summed E-state index contributed by atoms with van der Waals surface area (Å²) in [5.74, 6) is 1.45. The quantitative estimate of drug-likeness (QED) is 0.265. The number of aliphatic imine (C=N–C) groups is 1. The Labute approximate surface area is 171 Å². The molecule has 1 aromatic carbocycles. The van der Waals surface area contributed by atoms with Gasteiger partial charge in [-0.2, -0.15) is 5.10 Å². The van der Waals surface area contributed by atoms with Crippen LogP contribution in [0.2, 0.25) is 5.02 Å². The first kappa shape index (κ1) is 21.6. The molecule has 0 radical (unpaired) electrons. The van der Waals surface area contributed by atoms with E-state index >= 15 is 0 Å². The van der Waals surface area contributed by atoms with Gasteiger partial charge in [0.15, 0.2) is 5.96 Å². The fraction of sp³-hybridized carbons (Fsp3) is 0.412. The van der Waals surface area contributed by atoms with Gasteiger partial charge < -0.3 is 15.4 Å². The Hall–Kier alpha value is -1.48. The predicted molar refractivity (Wildman–Crippen MR) is 113 cm³/mol. The summed E-state index contributed by atoms with van der Waals surface area (Å²) in [6.07, 6.45) is 4.68. The molecule has 0 saturated heterocycles. The first-order valence-corrected chi connectivity index (χ1v) is 8.40. The molecule has 1 atom stereocenters. The van der Waals surface area contributed by atoms with Gasteiger partial charge in [-0.3, -0.25) is 9.67 Å². The van der Waals surface area contributed by atoms with Crippen molar-refractivity contribution in [3.8, 4) is 5.75 Å². The molecule has 2 rings (SSSR count). The van der Waals surface area contributed by atoms with E-state index in [1.54, 1.807) is 13.2 Å². The molecule has 0 aliphatic rings. The van der Waals surface area contributed by atoms with Crippen molar-refractivity contribution in [3.05, 3.63) is 47.7 Å². The van der Waals surface area contributed by atoms with E-state index in [4.69, 9.17) is 16.3 Å². The third-order valence-corrected chi connectivity index (χ3v) is 3.67. The summed E-state index contributed by atoms with van der Waals surface area (Å²) < 4.78 is 7.74. The highest BCUT2D eigenvalue weighted by atomic mass is 127. The van der Waals surface area contributed by atoms with Gasteiger partial charge in [-0.15, -0.1) is 24.0 Å². The van der Waals surface area contributed by atoms with Crippen LogP contribution in [0.4, 0.5) is 0 Å². The van der Waals surface area contributed by atoms with E-state index in [-0.39, 0.29) is 30.1 Å². The fourth-order valence-corrected chi connectivity index (χ4v) is 2.32. The van der Waals surface area contributed by atoms with Crippen LogP contribution in [-0.2, 0) is 6.54 Å². The van der Waals surface area contributed by atoms with Crippen molar-refractivity contribution in [3.63, 3.8) is 0 Å². The summed E-state index contributed by atoms with van der Waals surface area (Å²) in [6.45, 7) is 4.31. The van der Waals surface area contributed by atoms with Gasteiger partial charge in [0.05, 0.1) is 11.6 Å². The van der Waals surface area contributed by atoms with Gasteiger partial charge in [0.2, 0.25) is 0 Å². The molecule has 0 aliphatic heterocycles. The SMILES string of the molecule is CN=C(NCCCn1cccn1)NCC(C)Oc1ccccc1Cl.I. The number of benzene rings is 1. The van der Waals surface area contributed by atoms with Crippen LogP contribution < -0.4 is 15.4 Å². The number of hydrogen-bond acceptors (Lipinski definition) is 3. The van der Waals surface area contributed by atoms with Gasteiger partial charge in [0.1, 0.15) is 11.9 Å². The number of para-hydroxylation sites is 1. The molecule has 1 heterocycles. The van der Waals surface area contributed by atoms with Crippen LogP contribution >= 0.6 is 35.6 Å². The Balaban J connectivity index is 0.00000312. The van der Waals surface area contributed by atoms with Crippen molar-refractivity contribution < 1.29 is 4.74 Å². The third kappa shape index (κ3) is 7.96. The molecule has 0 bridgehead atoms. The van der Waals surface area contributed by atoms with E-state index in [9.17, 15) is 0 Å². The van der Waals surface area contributed by atoms with Crippen molar-refractivity contribution in [2.75, 3.05) is 20.1 Å². The molecule has 0 aliphatic carbocycles. The van der Waals surface area contributed by atoms with Crippen LogP contribution in [0.1, 0.15) is 13.3 Å². The van der Waals surface area contributed by atoms with Gasteiger partial charge in [-0.05, 0) is 31.5 Å². The molecule has 0 spiro atoms. The Bertz CT molecular complexity index is 636. The largest absolute Gasteiger partial charge is 0.487 e. The maximum Gasteiger partial charge on any atom is 0.191 e. The number of hydrogen-bond donors (Lipinski definition) is 2. The zero-order chi connectivity index (χ0) is 17.2. The molecular formula is C17H25ClIN5O. The van der Waals surface area contributed by atoms with Crippen LogP contribution in [0.5, 0.6) is 5.75 Å². The van der Waals surface area contributed by atoms with Crippen molar-refractivity contribution in [1.82, 2.24) is 20.4 Å². The van der Waals surface area contributed by atoms with Gasteiger partial charge in [-0.1, -0.05) is 23.7 Å². The monoisotopic (exact) mass is 477 g/mol. The van der Waals surface area contributed by atoms with E-state index in [0.717, 1.165) is 25.5 Å². The lowest BCUT2D eigenvalue weighted by atomic mass is 10.3. The smallest absolute Gasteiger partial charge is 0.191 e. The van der Waals surface area contributed by atoms with E-state index in [1.165, 1.54) is 0 Å². The minimum atomic E-state index is -0.0347. The van der Waals surface area contributed by atoms with E-state index in [2.05, 4.69) is 20.7 Å². The molecular weight excluding hydrogens is 453 g/mol. The lowest BCUT2D eigenvalue weighted by molar-refractivity contribution is 0.224. The lowest BCUT2D eigenvalue weighted by Gasteiger charge is -2.18. The van der Waals surface area contributed by atoms with Crippen molar-refractivity contribution in [1.29, 1.82) is 0 Å². The van der Waals surface area contributed by atoms with Gasteiger partial charge in [-0.25, -0.2) is 0 Å². The average Bonchev–Trinajstić information content (AvgIpc) is 3.10. The second-order valence-electron chi connectivity index (χ2n) is 5.36. The number of nitrogens with zero attached hydrogens (tertiary/aromatic N) is 3. The summed E-state index contributed by atoms with van der Waals surface area (Å²) in [5, 5.41) is 11.3. The molecule has 6 nitrogen and oxygen atoms in total. The topological polar surface area (TPSA) is 63.5 Å². The van der Waals surface area contributed by atoms with E-state index in [0.29, 0.717) is 17.3 Å². The lowest BCUT2D eigenvalue weighted by Crippen LogP contribution is -2.42. The summed E-state index contributed by atoms with van der Waals surface area (Å²) in [6, 6.07) is 9.39. The highest BCUT2D eigenvalue weighted by molar-refractivity contribution is 14.0.